The summed E-state index contributed by atoms with van der Waals surface area (Å²) in [6.07, 6.45) is 4.91. The van der Waals surface area contributed by atoms with Crippen molar-refractivity contribution >= 4 is 23.2 Å². The Morgan fingerprint density at radius 3 is 2.76 bits per heavy atom. The summed E-state index contributed by atoms with van der Waals surface area (Å²) in [5.74, 6) is 0.949. The zero-order valence-electron chi connectivity index (χ0n) is 13.8. The third-order valence-electron chi connectivity index (χ3n) is 3.49. The highest BCUT2D eigenvalue weighted by Crippen LogP contribution is 2.26. The summed E-state index contributed by atoms with van der Waals surface area (Å²) in [6.45, 7) is 0. The van der Waals surface area contributed by atoms with Gasteiger partial charge in [0.15, 0.2) is 5.78 Å². The predicted molar refractivity (Wildman–Crippen MR) is 98.3 cm³/mol. The highest BCUT2D eigenvalue weighted by atomic mass is 32.1. The number of allylic oxidation sites excluding steroid dienone is 1. The number of hydrogen-bond acceptors (Lipinski definition) is 6. The third-order valence-corrected chi connectivity index (χ3v) is 4.37. The van der Waals surface area contributed by atoms with E-state index in [2.05, 4.69) is 9.97 Å². The number of pyridine rings is 1. The molecule has 0 aliphatic heterocycles. The molecule has 126 valence electrons. The van der Waals surface area contributed by atoms with Crippen molar-refractivity contribution in [2.45, 2.75) is 0 Å². The number of ketones is 1. The highest BCUT2D eigenvalue weighted by Gasteiger charge is 2.11. The fourth-order valence-corrected chi connectivity index (χ4v) is 2.99. The molecule has 1 aromatic carbocycles. The van der Waals surface area contributed by atoms with Crippen LogP contribution in [0.1, 0.15) is 16.1 Å². The molecule has 0 radical (unpaired) electrons. The van der Waals surface area contributed by atoms with Crippen LogP contribution >= 0.6 is 11.3 Å². The first-order chi connectivity index (χ1) is 12.2. The fraction of sp³-hybridized carbons (Fsp3) is 0.105. The summed E-state index contributed by atoms with van der Waals surface area (Å²) >= 11 is 1.49. The number of methoxy groups -OCH3 is 2. The van der Waals surface area contributed by atoms with Gasteiger partial charge >= 0.3 is 0 Å². The minimum atomic E-state index is -0.160. The predicted octanol–water partition coefficient (Wildman–Crippen LogP) is 4.12. The molecule has 2 aromatic heterocycles. The molecule has 0 fully saturated rings. The van der Waals surface area contributed by atoms with E-state index in [9.17, 15) is 4.79 Å². The maximum Gasteiger partial charge on any atom is 0.189 e. The molecule has 0 atom stereocenters. The topological polar surface area (TPSA) is 61.3 Å². The second-order valence-electron chi connectivity index (χ2n) is 5.06. The molecular weight excluding hydrogens is 336 g/mol. The number of nitrogens with zero attached hydrogens (tertiary/aromatic N) is 2. The van der Waals surface area contributed by atoms with E-state index in [0.717, 1.165) is 10.7 Å². The van der Waals surface area contributed by atoms with Gasteiger partial charge in [-0.2, -0.15) is 0 Å². The van der Waals surface area contributed by atoms with E-state index >= 15 is 0 Å². The van der Waals surface area contributed by atoms with Crippen molar-refractivity contribution in [3.63, 3.8) is 0 Å². The average molecular weight is 352 g/mol. The smallest absolute Gasteiger partial charge is 0.189 e. The van der Waals surface area contributed by atoms with Gasteiger partial charge in [0.05, 0.1) is 31.2 Å². The Labute approximate surface area is 149 Å². The maximum absolute atomic E-state index is 12.4. The molecule has 0 saturated carbocycles. The van der Waals surface area contributed by atoms with Crippen LogP contribution in [-0.4, -0.2) is 30.0 Å². The molecule has 0 amide bonds. The number of ether oxygens (including phenoxy) is 2. The van der Waals surface area contributed by atoms with E-state index in [1.165, 1.54) is 24.5 Å². The zero-order valence-corrected chi connectivity index (χ0v) is 14.6. The quantitative estimate of drug-likeness (QED) is 0.493. The molecule has 2 heterocycles. The van der Waals surface area contributed by atoms with Crippen molar-refractivity contribution in [1.82, 2.24) is 9.97 Å². The summed E-state index contributed by atoms with van der Waals surface area (Å²) in [5.41, 5.74) is 2.00. The molecule has 0 spiro atoms. The van der Waals surface area contributed by atoms with Gasteiger partial charge in [0.25, 0.3) is 0 Å². The normalized spacial score (nSPS) is 10.8. The average Bonchev–Trinajstić information content (AvgIpc) is 3.15. The lowest BCUT2D eigenvalue weighted by molar-refractivity contribution is 0.104. The van der Waals surface area contributed by atoms with Crippen molar-refractivity contribution < 1.29 is 14.3 Å². The van der Waals surface area contributed by atoms with Gasteiger partial charge in [0, 0.05) is 17.6 Å². The first kappa shape index (κ1) is 16.9. The number of aromatic nitrogens is 2. The minimum Gasteiger partial charge on any atom is -0.497 e. The molecule has 0 bridgehead atoms. The molecule has 0 aliphatic carbocycles. The van der Waals surface area contributed by atoms with Crippen LogP contribution < -0.4 is 9.47 Å². The summed E-state index contributed by atoms with van der Waals surface area (Å²) in [6, 6.07) is 10.8. The monoisotopic (exact) mass is 352 g/mol. The van der Waals surface area contributed by atoms with Gasteiger partial charge < -0.3 is 9.47 Å². The minimum absolute atomic E-state index is 0.160. The van der Waals surface area contributed by atoms with Gasteiger partial charge in [0.2, 0.25) is 0 Å². The Kier molecular flexibility index (Phi) is 5.20. The SMILES string of the molecule is COc1ccc(C(=O)C=Cc2csc(-c3ccccn3)n2)c(OC)c1. The second kappa shape index (κ2) is 7.72. The van der Waals surface area contributed by atoms with Crippen molar-refractivity contribution in [3.05, 3.63) is 65.3 Å². The summed E-state index contributed by atoms with van der Waals surface area (Å²) in [7, 11) is 3.09. The van der Waals surface area contributed by atoms with Crippen LogP contribution in [0.3, 0.4) is 0 Å². The fourth-order valence-electron chi connectivity index (χ4n) is 2.22. The van der Waals surface area contributed by atoms with Crippen LogP contribution in [0.5, 0.6) is 11.5 Å². The number of hydrogen-bond donors (Lipinski definition) is 0. The van der Waals surface area contributed by atoms with Gasteiger partial charge in [-0.1, -0.05) is 6.07 Å². The van der Waals surface area contributed by atoms with Crippen LogP contribution in [0.4, 0.5) is 0 Å². The van der Waals surface area contributed by atoms with Gasteiger partial charge in [0.1, 0.15) is 16.5 Å². The number of benzene rings is 1. The number of carbonyl (C=O) groups is 1. The highest BCUT2D eigenvalue weighted by molar-refractivity contribution is 7.13. The van der Waals surface area contributed by atoms with Gasteiger partial charge in [-0.15, -0.1) is 11.3 Å². The first-order valence-electron chi connectivity index (χ1n) is 7.52. The first-order valence-corrected chi connectivity index (χ1v) is 8.40. The summed E-state index contributed by atoms with van der Waals surface area (Å²) in [5, 5.41) is 2.70. The Hall–Kier alpha value is -2.99. The summed E-state index contributed by atoms with van der Waals surface area (Å²) in [4.78, 5) is 21.2. The van der Waals surface area contributed by atoms with Gasteiger partial charge in [-0.05, 0) is 36.4 Å². The molecule has 0 N–H and O–H groups in total. The van der Waals surface area contributed by atoms with E-state index in [0.29, 0.717) is 22.8 Å². The van der Waals surface area contributed by atoms with Crippen LogP contribution in [0.15, 0.2) is 54.1 Å². The van der Waals surface area contributed by atoms with E-state index in [4.69, 9.17) is 9.47 Å². The van der Waals surface area contributed by atoms with E-state index in [-0.39, 0.29) is 5.78 Å². The van der Waals surface area contributed by atoms with E-state index in [1.807, 2.05) is 23.6 Å². The molecule has 6 heteroatoms. The maximum atomic E-state index is 12.4. The van der Waals surface area contributed by atoms with Crippen molar-refractivity contribution in [2.24, 2.45) is 0 Å². The lowest BCUT2D eigenvalue weighted by Crippen LogP contribution is -1.99. The molecule has 0 aliphatic rings. The lowest BCUT2D eigenvalue weighted by atomic mass is 10.1. The number of carbonyl (C=O) groups excluding carboxylic acids is 1. The molecule has 5 nitrogen and oxygen atoms in total. The largest absolute Gasteiger partial charge is 0.497 e. The summed E-state index contributed by atoms with van der Waals surface area (Å²) < 4.78 is 10.4. The number of rotatable bonds is 6. The Morgan fingerprint density at radius 2 is 2.04 bits per heavy atom. The molecule has 3 rings (SSSR count). The van der Waals surface area contributed by atoms with Crippen molar-refractivity contribution in [2.75, 3.05) is 14.2 Å². The molecule has 3 aromatic rings. The number of thiazole rings is 1. The lowest BCUT2D eigenvalue weighted by Gasteiger charge is -2.07. The second-order valence-corrected chi connectivity index (χ2v) is 5.91. The van der Waals surface area contributed by atoms with Gasteiger partial charge in [-0.3, -0.25) is 9.78 Å². The molecule has 0 saturated heterocycles. The Bertz CT molecular complexity index is 904. The molecule has 0 unspecified atom stereocenters. The van der Waals surface area contributed by atoms with Crippen LogP contribution in [0.2, 0.25) is 0 Å². The van der Waals surface area contributed by atoms with Crippen molar-refractivity contribution in [3.8, 4) is 22.2 Å². The Balaban J connectivity index is 1.78. The van der Waals surface area contributed by atoms with E-state index in [1.54, 1.807) is 37.6 Å². The standard InChI is InChI=1S/C19H16N2O3S/c1-23-14-7-8-15(18(11-14)24-2)17(22)9-6-13-12-25-19(21-13)16-5-3-4-10-20-16/h3-12H,1-2H3. The Morgan fingerprint density at radius 1 is 1.16 bits per heavy atom. The zero-order chi connectivity index (χ0) is 17.6. The van der Waals surface area contributed by atoms with Crippen molar-refractivity contribution in [1.29, 1.82) is 0 Å². The third kappa shape index (κ3) is 3.92. The van der Waals surface area contributed by atoms with Crippen LogP contribution in [0.25, 0.3) is 16.8 Å². The van der Waals surface area contributed by atoms with Crippen LogP contribution in [0, 0.1) is 0 Å². The van der Waals surface area contributed by atoms with E-state index < -0.39 is 0 Å². The molecule has 25 heavy (non-hydrogen) atoms. The van der Waals surface area contributed by atoms with Gasteiger partial charge in [-0.25, -0.2) is 4.98 Å². The molecular formula is C19H16N2O3S. The van der Waals surface area contributed by atoms with Crippen LogP contribution in [-0.2, 0) is 0 Å².